The molecule has 1 amide bonds. The van der Waals surface area contributed by atoms with Crippen LogP contribution in [0.2, 0.25) is 0 Å². The number of hydrogen-bond acceptors (Lipinski definition) is 2. The van der Waals surface area contributed by atoms with E-state index < -0.39 is 0 Å². The highest BCUT2D eigenvalue weighted by molar-refractivity contribution is 5.77. The second-order valence-electron chi connectivity index (χ2n) is 5.84. The van der Waals surface area contributed by atoms with E-state index in [0.29, 0.717) is 25.9 Å². The number of fused-ring (bicyclic) bond motifs is 1. The molecule has 5 heteroatoms. The fraction of sp³-hybridized carbons (Fsp3) is 0.667. The van der Waals surface area contributed by atoms with Gasteiger partial charge in [0.15, 0.2) is 0 Å². The topological polar surface area (TPSA) is 69.0 Å². The van der Waals surface area contributed by atoms with Crippen molar-refractivity contribution in [3.63, 3.8) is 0 Å². The van der Waals surface area contributed by atoms with Gasteiger partial charge >= 0.3 is 0 Å². The van der Waals surface area contributed by atoms with Gasteiger partial charge < -0.3 is 10.00 Å². The van der Waals surface area contributed by atoms with Gasteiger partial charge in [0.05, 0.1) is 12.2 Å². The fourth-order valence-corrected chi connectivity index (χ4v) is 2.11. The van der Waals surface area contributed by atoms with Crippen LogP contribution in [0, 0.1) is 5.41 Å². The summed E-state index contributed by atoms with van der Waals surface area (Å²) >= 11 is 0. The Bertz CT molecular complexity index is 479. The lowest BCUT2D eigenvalue weighted by Gasteiger charge is -2.29. The minimum atomic E-state index is -0.0529. The van der Waals surface area contributed by atoms with Crippen molar-refractivity contribution in [2.24, 2.45) is 5.41 Å². The van der Waals surface area contributed by atoms with E-state index in [4.69, 9.17) is 0 Å². The van der Waals surface area contributed by atoms with Crippen LogP contribution in [0.3, 0.4) is 0 Å². The molecule has 1 aromatic heterocycles. The summed E-state index contributed by atoms with van der Waals surface area (Å²) < 4.78 is 0. The van der Waals surface area contributed by atoms with Crippen LogP contribution in [-0.2, 0) is 17.8 Å². The zero-order chi connectivity index (χ0) is 12.6. The number of rotatable bonds is 1. The third-order valence-electron chi connectivity index (χ3n) is 2.98. The van der Waals surface area contributed by atoms with E-state index in [9.17, 15) is 9.59 Å². The molecule has 0 bridgehead atoms. The van der Waals surface area contributed by atoms with E-state index >= 15 is 0 Å². The van der Waals surface area contributed by atoms with E-state index in [2.05, 4.69) is 31.0 Å². The molecule has 5 nitrogen and oxygen atoms in total. The number of aromatic nitrogens is 2. The Morgan fingerprint density at radius 3 is 2.71 bits per heavy atom. The predicted octanol–water partition coefficient (Wildman–Crippen LogP) is 1.02. The average molecular weight is 237 g/mol. The Kier molecular flexibility index (Phi) is 2.85. The van der Waals surface area contributed by atoms with Crippen LogP contribution in [0.1, 0.15) is 38.4 Å². The Labute approximate surface area is 100 Å². The molecule has 0 fully saturated rings. The Morgan fingerprint density at radius 2 is 2.06 bits per heavy atom. The van der Waals surface area contributed by atoms with Crippen molar-refractivity contribution >= 4 is 5.91 Å². The molecule has 2 N–H and O–H groups in total. The average Bonchev–Trinajstić information content (AvgIpc) is 2.57. The number of carbonyl (C=O) groups is 1. The summed E-state index contributed by atoms with van der Waals surface area (Å²) in [7, 11) is 0. The van der Waals surface area contributed by atoms with Crippen molar-refractivity contribution in [1.29, 1.82) is 0 Å². The first-order valence-electron chi connectivity index (χ1n) is 5.93. The molecule has 0 atom stereocenters. The van der Waals surface area contributed by atoms with Crippen LogP contribution < -0.4 is 5.56 Å². The van der Waals surface area contributed by atoms with Crippen LogP contribution in [0.4, 0.5) is 0 Å². The normalized spacial score (nSPS) is 15.8. The molecule has 0 spiro atoms. The molecule has 1 aliphatic heterocycles. The summed E-state index contributed by atoms with van der Waals surface area (Å²) in [5, 5.41) is 5.41. The zero-order valence-corrected chi connectivity index (χ0v) is 10.6. The van der Waals surface area contributed by atoms with Gasteiger partial charge in [0.1, 0.15) is 0 Å². The molecule has 1 aromatic rings. The highest BCUT2D eigenvalue weighted by Gasteiger charge is 2.26. The lowest BCUT2D eigenvalue weighted by atomic mass is 9.91. The summed E-state index contributed by atoms with van der Waals surface area (Å²) in [6.07, 6.45) is 1.18. The molecule has 2 rings (SSSR count). The van der Waals surface area contributed by atoms with Crippen LogP contribution >= 0.6 is 0 Å². The third kappa shape index (κ3) is 2.60. The van der Waals surface area contributed by atoms with Gasteiger partial charge in [-0.2, -0.15) is 0 Å². The van der Waals surface area contributed by atoms with Gasteiger partial charge in [0, 0.05) is 18.5 Å². The lowest BCUT2D eigenvalue weighted by Crippen LogP contribution is -2.38. The van der Waals surface area contributed by atoms with Crippen LogP contribution in [0.5, 0.6) is 0 Å². The molecule has 1 aliphatic rings. The minimum Gasteiger partial charge on any atom is -0.336 e. The third-order valence-corrected chi connectivity index (χ3v) is 2.98. The number of H-pyrrole nitrogens is 2. The predicted molar refractivity (Wildman–Crippen MR) is 64.6 cm³/mol. The number of hydrogen-bond donors (Lipinski definition) is 2. The van der Waals surface area contributed by atoms with Gasteiger partial charge in [-0.3, -0.25) is 14.7 Å². The summed E-state index contributed by atoms with van der Waals surface area (Å²) in [5.74, 6) is 0.158. The van der Waals surface area contributed by atoms with Crippen LogP contribution in [0.15, 0.2) is 4.79 Å². The van der Waals surface area contributed by atoms with Crippen molar-refractivity contribution < 1.29 is 4.79 Å². The van der Waals surface area contributed by atoms with E-state index in [1.165, 1.54) is 0 Å². The summed E-state index contributed by atoms with van der Waals surface area (Å²) in [4.78, 5) is 25.2. The Morgan fingerprint density at radius 1 is 1.35 bits per heavy atom. The largest absolute Gasteiger partial charge is 0.336 e. The van der Waals surface area contributed by atoms with Gasteiger partial charge in [-0.15, -0.1) is 0 Å². The Balaban J connectivity index is 2.08. The monoisotopic (exact) mass is 237 g/mol. The lowest BCUT2D eigenvalue weighted by molar-refractivity contribution is -0.134. The molecule has 94 valence electrons. The molecule has 0 saturated carbocycles. The van der Waals surface area contributed by atoms with Gasteiger partial charge in [-0.1, -0.05) is 20.8 Å². The summed E-state index contributed by atoms with van der Waals surface area (Å²) in [6, 6.07) is 0. The van der Waals surface area contributed by atoms with Gasteiger partial charge in [0.2, 0.25) is 5.91 Å². The minimum absolute atomic E-state index is 0.00289. The first-order chi connectivity index (χ1) is 7.87. The molecule has 17 heavy (non-hydrogen) atoms. The van der Waals surface area contributed by atoms with Gasteiger partial charge in [0.25, 0.3) is 5.56 Å². The standard InChI is InChI=1S/C12H19N3O2/c1-12(2,3)6-10(16)15-5-4-8-9(7-15)13-14-11(8)17/h4-7H2,1-3H3,(H2,13,14,17). The van der Waals surface area contributed by atoms with Crippen LogP contribution in [-0.4, -0.2) is 27.5 Å². The van der Waals surface area contributed by atoms with Gasteiger partial charge in [-0.25, -0.2) is 0 Å². The van der Waals surface area contributed by atoms with Crippen molar-refractivity contribution in [3.05, 3.63) is 21.6 Å². The molecule has 0 aliphatic carbocycles. The van der Waals surface area contributed by atoms with Crippen molar-refractivity contribution in [2.75, 3.05) is 6.54 Å². The molecule has 0 radical (unpaired) electrons. The SMILES string of the molecule is CC(C)(C)CC(=O)N1CCc2c([nH][nH]c2=O)C1. The maximum absolute atomic E-state index is 12.1. The van der Waals surface area contributed by atoms with Gasteiger partial charge in [-0.05, 0) is 11.8 Å². The number of nitrogens with zero attached hydrogens (tertiary/aromatic N) is 1. The van der Waals surface area contributed by atoms with E-state index in [-0.39, 0.29) is 16.9 Å². The smallest absolute Gasteiger partial charge is 0.267 e. The number of amides is 1. The molecule has 0 unspecified atom stereocenters. The van der Waals surface area contributed by atoms with Crippen molar-refractivity contribution in [2.45, 2.75) is 40.2 Å². The number of carbonyl (C=O) groups excluding carboxylic acids is 1. The first kappa shape index (κ1) is 12.0. The highest BCUT2D eigenvalue weighted by atomic mass is 16.2. The quantitative estimate of drug-likeness (QED) is 0.765. The maximum Gasteiger partial charge on any atom is 0.267 e. The molecule has 0 aromatic carbocycles. The first-order valence-corrected chi connectivity index (χ1v) is 5.93. The maximum atomic E-state index is 12.1. The molecular weight excluding hydrogens is 218 g/mol. The molecule has 2 heterocycles. The highest BCUT2D eigenvalue weighted by Crippen LogP contribution is 2.22. The second-order valence-corrected chi connectivity index (χ2v) is 5.84. The second kappa shape index (κ2) is 4.05. The van der Waals surface area contributed by atoms with Crippen LogP contribution in [0.25, 0.3) is 0 Å². The van der Waals surface area contributed by atoms with Crippen molar-refractivity contribution in [1.82, 2.24) is 15.1 Å². The zero-order valence-electron chi connectivity index (χ0n) is 10.6. The summed E-state index contributed by atoms with van der Waals surface area (Å²) in [5.41, 5.74) is 1.60. The van der Waals surface area contributed by atoms with E-state index in [1.807, 2.05) is 4.90 Å². The number of nitrogens with one attached hydrogen (secondary N) is 2. The van der Waals surface area contributed by atoms with Crippen molar-refractivity contribution in [3.8, 4) is 0 Å². The van der Waals surface area contributed by atoms with E-state index in [0.717, 1.165) is 11.3 Å². The summed E-state index contributed by atoms with van der Waals surface area (Å²) in [6.45, 7) is 7.32. The van der Waals surface area contributed by atoms with E-state index in [1.54, 1.807) is 0 Å². The molecule has 0 saturated heterocycles. The molecular formula is C12H19N3O2. The number of aromatic amines is 2. The fourth-order valence-electron chi connectivity index (χ4n) is 2.11. The Hall–Kier alpha value is -1.52.